The summed E-state index contributed by atoms with van der Waals surface area (Å²) in [5.41, 5.74) is 8.12. The number of aromatic nitrogens is 1. The van der Waals surface area contributed by atoms with Gasteiger partial charge in [0.15, 0.2) is 0 Å². The van der Waals surface area contributed by atoms with Crippen LogP contribution in [0.15, 0.2) is 41.4 Å². The van der Waals surface area contributed by atoms with Gasteiger partial charge in [-0.15, -0.1) is 0 Å². The van der Waals surface area contributed by atoms with Crippen LogP contribution in [-0.4, -0.2) is 20.4 Å². The van der Waals surface area contributed by atoms with Gasteiger partial charge in [-0.3, -0.25) is 4.31 Å². The highest BCUT2D eigenvalue weighted by Crippen LogP contribution is 2.25. The largest absolute Gasteiger partial charge is 0.384 e. The van der Waals surface area contributed by atoms with Gasteiger partial charge in [-0.25, -0.2) is 13.4 Å². The van der Waals surface area contributed by atoms with E-state index >= 15 is 0 Å². The van der Waals surface area contributed by atoms with Gasteiger partial charge in [0.1, 0.15) is 10.7 Å². The van der Waals surface area contributed by atoms with Crippen molar-refractivity contribution >= 4 is 21.5 Å². The normalized spacial score (nSPS) is 11.3. The molecule has 5 nitrogen and oxygen atoms in total. The number of nitrogen functional groups attached to an aromatic ring is 1. The van der Waals surface area contributed by atoms with Crippen LogP contribution in [0, 0.1) is 13.8 Å². The Labute approximate surface area is 119 Å². The highest BCUT2D eigenvalue weighted by molar-refractivity contribution is 7.92. The van der Waals surface area contributed by atoms with Gasteiger partial charge in [0.05, 0.1) is 5.69 Å². The van der Waals surface area contributed by atoms with E-state index in [4.69, 9.17) is 5.73 Å². The molecule has 0 unspecified atom stereocenters. The summed E-state index contributed by atoms with van der Waals surface area (Å²) < 4.78 is 26.3. The van der Waals surface area contributed by atoms with Crippen LogP contribution < -0.4 is 10.0 Å². The monoisotopic (exact) mass is 291 g/mol. The zero-order chi connectivity index (χ0) is 14.9. The van der Waals surface area contributed by atoms with Gasteiger partial charge in [0.2, 0.25) is 0 Å². The highest BCUT2D eigenvalue weighted by Gasteiger charge is 2.22. The second-order valence-corrected chi connectivity index (χ2v) is 6.65. The van der Waals surface area contributed by atoms with E-state index in [1.165, 1.54) is 29.7 Å². The fraction of sp³-hybridized carbons (Fsp3) is 0.214. The minimum Gasteiger partial charge on any atom is -0.384 e. The number of anilines is 2. The first kappa shape index (κ1) is 14.3. The number of sulfonamides is 1. The first-order valence-electron chi connectivity index (χ1n) is 6.10. The number of hydrogen-bond acceptors (Lipinski definition) is 4. The summed E-state index contributed by atoms with van der Waals surface area (Å²) in [6.07, 6.45) is 1.27. The van der Waals surface area contributed by atoms with E-state index in [1.807, 2.05) is 26.0 Å². The van der Waals surface area contributed by atoms with Crippen LogP contribution in [0.1, 0.15) is 11.1 Å². The van der Waals surface area contributed by atoms with Crippen LogP contribution in [0.2, 0.25) is 0 Å². The topological polar surface area (TPSA) is 76.3 Å². The quantitative estimate of drug-likeness (QED) is 0.939. The Hall–Kier alpha value is -2.08. The van der Waals surface area contributed by atoms with Crippen molar-refractivity contribution in [1.29, 1.82) is 0 Å². The van der Waals surface area contributed by atoms with Gasteiger partial charge in [-0.1, -0.05) is 17.7 Å². The van der Waals surface area contributed by atoms with E-state index in [0.29, 0.717) is 5.69 Å². The molecule has 0 amide bonds. The van der Waals surface area contributed by atoms with Crippen LogP contribution in [0.5, 0.6) is 0 Å². The number of nitrogens with zero attached hydrogens (tertiary/aromatic N) is 2. The van der Waals surface area contributed by atoms with Crippen molar-refractivity contribution < 1.29 is 8.42 Å². The summed E-state index contributed by atoms with van der Waals surface area (Å²) in [5, 5.41) is 0. The maximum absolute atomic E-state index is 12.5. The van der Waals surface area contributed by atoms with Crippen LogP contribution in [0.3, 0.4) is 0 Å². The van der Waals surface area contributed by atoms with E-state index in [2.05, 4.69) is 4.98 Å². The van der Waals surface area contributed by atoms with Gasteiger partial charge < -0.3 is 5.73 Å². The predicted octanol–water partition coefficient (Wildman–Crippen LogP) is 2.11. The number of hydrogen-bond donors (Lipinski definition) is 1. The summed E-state index contributed by atoms with van der Waals surface area (Å²) in [6, 6.07) is 8.56. The molecule has 20 heavy (non-hydrogen) atoms. The van der Waals surface area contributed by atoms with E-state index in [9.17, 15) is 8.42 Å². The van der Waals surface area contributed by atoms with Crippen molar-refractivity contribution in [2.24, 2.45) is 0 Å². The molecule has 2 rings (SSSR count). The van der Waals surface area contributed by atoms with E-state index < -0.39 is 10.0 Å². The molecule has 0 aliphatic heterocycles. The smallest absolute Gasteiger partial charge is 0.265 e. The van der Waals surface area contributed by atoms with Crippen LogP contribution >= 0.6 is 0 Å². The lowest BCUT2D eigenvalue weighted by Crippen LogP contribution is -2.27. The Morgan fingerprint density at radius 2 is 1.85 bits per heavy atom. The highest BCUT2D eigenvalue weighted by atomic mass is 32.2. The second kappa shape index (κ2) is 5.13. The van der Waals surface area contributed by atoms with Gasteiger partial charge in [-0.2, -0.15) is 0 Å². The summed E-state index contributed by atoms with van der Waals surface area (Å²) in [4.78, 5) is 3.95. The van der Waals surface area contributed by atoms with Gasteiger partial charge in [0.25, 0.3) is 10.0 Å². The first-order valence-corrected chi connectivity index (χ1v) is 7.54. The third-order valence-corrected chi connectivity index (χ3v) is 4.86. The summed E-state index contributed by atoms with van der Waals surface area (Å²) in [7, 11) is -2.10. The van der Waals surface area contributed by atoms with E-state index in [0.717, 1.165) is 11.1 Å². The van der Waals surface area contributed by atoms with Crippen molar-refractivity contribution in [3.63, 3.8) is 0 Å². The second-order valence-electron chi connectivity index (χ2n) is 4.68. The number of pyridine rings is 1. The lowest BCUT2D eigenvalue weighted by molar-refractivity contribution is 0.594. The molecule has 1 aromatic carbocycles. The molecule has 0 saturated heterocycles. The fourth-order valence-corrected chi connectivity index (χ4v) is 3.20. The maximum atomic E-state index is 12.5. The molecule has 0 aliphatic carbocycles. The molecule has 2 N–H and O–H groups in total. The molecule has 0 bridgehead atoms. The molecule has 0 spiro atoms. The van der Waals surface area contributed by atoms with Crippen molar-refractivity contribution in [3.8, 4) is 0 Å². The minimum atomic E-state index is -3.63. The Kier molecular flexibility index (Phi) is 3.67. The molecule has 0 radical (unpaired) electrons. The van der Waals surface area contributed by atoms with Gasteiger partial charge in [0, 0.05) is 13.2 Å². The molecule has 0 saturated carbocycles. The number of aryl methyl sites for hydroxylation is 2. The van der Waals surface area contributed by atoms with Crippen LogP contribution in [0.25, 0.3) is 0 Å². The maximum Gasteiger partial charge on any atom is 0.265 e. The molecule has 0 aliphatic rings. The van der Waals surface area contributed by atoms with Crippen LogP contribution in [-0.2, 0) is 10.0 Å². The van der Waals surface area contributed by atoms with E-state index in [-0.39, 0.29) is 10.7 Å². The van der Waals surface area contributed by atoms with Gasteiger partial charge in [-0.05, 0) is 37.6 Å². The standard InChI is InChI=1S/C14H17N3O2S/c1-10-4-6-13(11(2)8-10)17(3)20(18,19)12-5-7-14(15)16-9-12/h4-9H,1-3H3,(H2,15,16). The molecular weight excluding hydrogens is 274 g/mol. The van der Waals surface area contributed by atoms with Crippen molar-refractivity contribution in [2.45, 2.75) is 18.7 Å². The Morgan fingerprint density at radius 1 is 1.15 bits per heavy atom. The molecular formula is C14H17N3O2S. The van der Waals surface area contributed by atoms with Crippen molar-refractivity contribution in [3.05, 3.63) is 47.7 Å². The Bertz CT molecular complexity index is 725. The zero-order valence-electron chi connectivity index (χ0n) is 11.7. The lowest BCUT2D eigenvalue weighted by Gasteiger charge is -2.21. The van der Waals surface area contributed by atoms with E-state index in [1.54, 1.807) is 6.07 Å². The Morgan fingerprint density at radius 3 is 2.40 bits per heavy atom. The van der Waals surface area contributed by atoms with Crippen LogP contribution in [0.4, 0.5) is 11.5 Å². The van der Waals surface area contributed by atoms with Crippen molar-refractivity contribution in [2.75, 3.05) is 17.1 Å². The van der Waals surface area contributed by atoms with Gasteiger partial charge >= 0.3 is 0 Å². The number of benzene rings is 1. The summed E-state index contributed by atoms with van der Waals surface area (Å²) >= 11 is 0. The SMILES string of the molecule is Cc1ccc(N(C)S(=O)(=O)c2ccc(N)nc2)c(C)c1. The molecule has 2 aromatic rings. The predicted molar refractivity (Wildman–Crippen MR) is 80.2 cm³/mol. The fourth-order valence-electron chi connectivity index (χ4n) is 1.99. The third-order valence-electron chi connectivity index (χ3n) is 3.11. The molecule has 106 valence electrons. The molecule has 6 heteroatoms. The summed E-state index contributed by atoms with van der Waals surface area (Å²) in [6.45, 7) is 3.85. The molecule has 1 aromatic heterocycles. The summed E-state index contributed by atoms with van der Waals surface area (Å²) in [5.74, 6) is 0.290. The molecule has 1 heterocycles. The molecule has 0 fully saturated rings. The first-order chi connectivity index (χ1) is 9.32. The third kappa shape index (κ3) is 2.60. The van der Waals surface area contributed by atoms with Crippen molar-refractivity contribution in [1.82, 2.24) is 4.98 Å². The average molecular weight is 291 g/mol. The Balaban J connectivity index is 2.45. The molecule has 0 atom stereocenters. The zero-order valence-corrected chi connectivity index (χ0v) is 12.5. The number of nitrogens with two attached hydrogens (primary N) is 1. The lowest BCUT2D eigenvalue weighted by atomic mass is 10.1. The minimum absolute atomic E-state index is 0.120. The average Bonchev–Trinajstić information content (AvgIpc) is 2.38. The number of rotatable bonds is 3.